The van der Waals surface area contributed by atoms with Crippen LogP contribution < -0.4 is 21.3 Å². The number of benzene rings is 1. The second-order valence-corrected chi connectivity index (χ2v) is 4.89. The van der Waals surface area contributed by atoms with E-state index in [2.05, 4.69) is 11.9 Å². The van der Waals surface area contributed by atoms with Gasteiger partial charge in [-0.25, -0.2) is 4.79 Å². The van der Waals surface area contributed by atoms with Crippen molar-refractivity contribution < 1.29 is 32.3 Å². The van der Waals surface area contributed by atoms with E-state index in [1.807, 2.05) is 10.6 Å². The molecule has 1 heterocycles. The van der Waals surface area contributed by atoms with E-state index >= 15 is 0 Å². The molecule has 1 saturated heterocycles. The molecule has 4 N–H and O–H groups in total. The van der Waals surface area contributed by atoms with Gasteiger partial charge in [0.1, 0.15) is 0 Å². The van der Waals surface area contributed by atoms with Gasteiger partial charge in [0.2, 0.25) is 11.8 Å². The molecule has 1 aliphatic rings. The summed E-state index contributed by atoms with van der Waals surface area (Å²) in [7, 11) is 0. The van der Waals surface area contributed by atoms with Gasteiger partial charge in [0.25, 0.3) is 0 Å². The number of hydrogen-bond donors (Lipinski definition) is 4. The number of amides is 5. The zero-order valence-corrected chi connectivity index (χ0v) is 12.4. The van der Waals surface area contributed by atoms with Gasteiger partial charge in [-0.3, -0.25) is 25.0 Å². The quantitative estimate of drug-likeness (QED) is 0.603. The Morgan fingerprint density at radius 3 is 1.96 bits per heavy atom. The van der Waals surface area contributed by atoms with Crippen molar-refractivity contribution in [1.29, 1.82) is 0 Å². The minimum atomic E-state index is -5.09. The molecule has 25 heavy (non-hydrogen) atoms. The molecule has 0 saturated carbocycles. The number of carbonyl (C=O) groups is 4. The van der Waals surface area contributed by atoms with Gasteiger partial charge in [-0.15, -0.1) is 0 Å². The van der Waals surface area contributed by atoms with Crippen LogP contribution in [-0.2, 0) is 14.4 Å². The molecule has 1 aliphatic heterocycles. The van der Waals surface area contributed by atoms with Crippen molar-refractivity contribution in [3.8, 4) is 0 Å². The predicted molar refractivity (Wildman–Crippen MR) is 79.1 cm³/mol. The molecule has 0 atom stereocenters. The van der Waals surface area contributed by atoms with Crippen LogP contribution in [-0.4, -0.2) is 29.9 Å². The van der Waals surface area contributed by atoms with Gasteiger partial charge in [0.15, 0.2) is 5.92 Å². The van der Waals surface area contributed by atoms with Crippen LogP contribution >= 0.6 is 0 Å². The largest absolute Gasteiger partial charge is 0.471 e. The van der Waals surface area contributed by atoms with Gasteiger partial charge in [-0.05, 0) is 12.1 Å². The average molecular weight is 356 g/mol. The fourth-order valence-corrected chi connectivity index (χ4v) is 1.97. The molecule has 0 unspecified atom stereocenters. The second-order valence-electron chi connectivity index (χ2n) is 4.89. The van der Waals surface area contributed by atoms with Crippen LogP contribution in [0.1, 0.15) is 0 Å². The summed E-state index contributed by atoms with van der Waals surface area (Å²) in [5.74, 6) is -5.55. The Labute approximate surface area is 138 Å². The SMILES string of the molecule is C=C(Nc1ccccc1NC(=O)C(F)(F)F)C1C(=O)NC(=O)NC1=O. The lowest BCUT2D eigenvalue weighted by Crippen LogP contribution is -2.56. The summed E-state index contributed by atoms with van der Waals surface area (Å²) >= 11 is 0. The van der Waals surface area contributed by atoms with E-state index in [0.29, 0.717) is 0 Å². The highest BCUT2D eigenvalue weighted by Gasteiger charge is 2.39. The maximum Gasteiger partial charge on any atom is 0.471 e. The Hall–Kier alpha value is -3.37. The van der Waals surface area contributed by atoms with Crippen molar-refractivity contribution in [3.05, 3.63) is 36.5 Å². The highest BCUT2D eigenvalue weighted by Crippen LogP contribution is 2.27. The molecule has 8 nitrogen and oxygen atoms in total. The fourth-order valence-electron chi connectivity index (χ4n) is 1.97. The molecule has 0 aliphatic carbocycles. The molecule has 1 aromatic rings. The first kappa shape index (κ1) is 18.0. The van der Waals surface area contributed by atoms with Crippen molar-refractivity contribution in [3.63, 3.8) is 0 Å². The molecular weight excluding hydrogens is 345 g/mol. The Morgan fingerprint density at radius 2 is 1.48 bits per heavy atom. The highest BCUT2D eigenvalue weighted by molar-refractivity contribution is 6.18. The van der Waals surface area contributed by atoms with Gasteiger partial charge in [0.05, 0.1) is 11.4 Å². The van der Waals surface area contributed by atoms with Crippen molar-refractivity contribution in [2.75, 3.05) is 10.6 Å². The first-order chi connectivity index (χ1) is 11.6. The van der Waals surface area contributed by atoms with Crippen LogP contribution in [0.15, 0.2) is 36.5 Å². The number of para-hydroxylation sites is 2. The normalized spacial score (nSPS) is 15.2. The average Bonchev–Trinajstić information content (AvgIpc) is 2.47. The van der Waals surface area contributed by atoms with E-state index in [1.54, 1.807) is 5.32 Å². The summed E-state index contributed by atoms with van der Waals surface area (Å²) in [5.41, 5.74) is -0.461. The Morgan fingerprint density at radius 1 is 1.00 bits per heavy atom. The van der Waals surface area contributed by atoms with Crippen LogP contribution in [0.5, 0.6) is 0 Å². The fraction of sp³-hybridized carbons (Fsp3) is 0.143. The zero-order chi connectivity index (χ0) is 18.8. The number of urea groups is 1. The molecule has 5 amide bonds. The van der Waals surface area contributed by atoms with Gasteiger partial charge in [-0.1, -0.05) is 18.7 Å². The molecule has 0 aromatic heterocycles. The smallest absolute Gasteiger partial charge is 0.357 e. The Balaban J connectivity index is 2.19. The van der Waals surface area contributed by atoms with Crippen molar-refractivity contribution >= 4 is 35.1 Å². The first-order valence-electron chi connectivity index (χ1n) is 6.68. The molecular formula is C14H11F3N4O4. The Kier molecular flexibility index (Phi) is 4.77. The number of halogens is 3. The summed E-state index contributed by atoms with van der Waals surface area (Å²) in [6.07, 6.45) is -5.09. The number of alkyl halides is 3. The lowest BCUT2D eigenvalue weighted by molar-refractivity contribution is -0.167. The molecule has 2 rings (SSSR count). The molecule has 1 aromatic carbocycles. The lowest BCUT2D eigenvalue weighted by atomic mass is 10.0. The molecule has 1 fully saturated rings. The maximum atomic E-state index is 12.4. The van der Waals surface area contributed by atoms with Crippen molar-refractivity contribution in [2.24, 2.45) is 5.92 Å². The minimum absolute atomic E-state index is 0.0254. The third-order valence-electron chi connectivity index (χ3n) is 3.07. The van der Waals surface area contributed by atoms with Crippen molar-refractivity contribution in [2.45, 2.75) is 6.18 Å². The molecule has 0 bridgehead atoms. The zero-order valence-electron chi connectivity index (χ0n) is 12.4. The van der Waals surface area contributed by atoms with E-state index < -0.39 is 35.8 Å². The van der Waals surface area contributed by atoms with E-state index in [4.69, 9.17) is 0 Å². The van der Waals surface area contributed by atoms with Gasteiger partial charge in [0, 0.05) is 5.70 Å². The number of hydrogen-bond acceptors (Lipinski definition) is 5. The van der Waals surface area contributed by atoms with Crippen molar-refractivity contribution in [1.82, 2.24) is 10.6 Å². The lowest BCUT2D eigenvalue weighted by Gasteiger charge is -2.24. The van der Waals surface area contributed by atoms with Crippen LogP contribution in [0, 0.1) is 5.92 Å². The minimum Gasteiger partial charge on any atom is -0.357 e. The van der Waals surface area contributed by atoms with E-state index in [-0.39, 0.29) is 17.1 Å². The molecule has 0 spiro atoms. The van der Waals surface area contributed by atoms with Crippen LogP contribution in [0.4, 0.5) is 29.3 Å². The topological polar surface area (TPSA) is 116 Å². The summed E-state index contributed by atoms with van der Waals surface area (Å²) in [5, 5.41) is 7.90. The maximum absolute atomic E-state index is 12.4. The summed E-state index contributed by atoms with van der Waals surface area (Å²) in [4.78, 5) is 45.5. The number of imide groups is 2. The van der Waals surface area contributed by atoms with Gasteiger partial charge in [-0.2, -0.15) is 13.2 Å². The number of rotatable bonds is 4. The van der Waals surface area contributed by atoms with E-state index in [9.17, 15) is 32.3 Å². The third kappa shape index (κ3) is 4.13. The Bertz CT molecular complexity index is 756. The third-order valence-corrected chi connectivity index (χ3v) is 3.07. The van der Waals surface area contributed by atoms with Gasteiger partial charge < -0.3 is 10.6 Å². The van der Waals surface area contributed by atoms with Crippen LogP contribution in [0.2, 0.25) is 0 Å². The summed E-state index contributed by atoms with van der Waals surface area (Å²) in [6.45, 7) is 3.49. The number of nitrogens with one attached hydrogen (secondary N) is 4. The monoisotopic (exact) mass is 356 g/mol. The highest BCUT2D eigenvalue weighted by atomic mass is 19.4. The second kappa shape index (κ2) is 6.63. The molecule has 132 valence electrons. The molecule has 0 radical (unpaired) electrons. The van der Waals surface area contributed by atoms with E-state index in [1.165, 1.54) is 24.3 Å². The number of barbiturate groups is 1. The van der Waals surface area contributed by atoms with Gasteiger partial charge >= 0.3 is 18.1 Å². The first-order valence-corrected chi connectivity index (χ1v) is 6.68. The summed E-state index contributed by atoms with van der Waals surface area (Å²) in [6, 6.07) is 4.32. The number of anilines is 2. The van der Waals surface area contributed by atoms with Crippen LogP contribution in [0.25, 0.3) is 0 Å². The van der Waals surface area contributed by atoms with E-state index in [0.717, 1.165) is 0 Å². The molecule has 11 heteroatoms. The van der Waals surface area contributed by atoms with Crippen LogP contribution in [0.3, 0.4) is 0 Å². The number of carbonyl (C=O) groups excluding carboxylic acids is 4. The summed E-state index contributed by atoms with van der Waals surface area (Å²) < 4.78 is 37.1. The standard InChI is InChI=1S/C14H11F3N4O4/c1-6(9-10(22)20-13(25)21-11(9)23)18-7-4-2-3-5-8(7)19-12(24)14(15,16)17/h2-5,9,18H,1H2,(H,19,24)(H2,20,21,22,23,25). The predicted octanol–water partition coefficient (Wildman–Crippen LogP) is 1.10.